The van der Waals surface area contributed by atoms with Crippen LogP contribution in [0.2, 0.25) is 5.15 Å². The summed E-state index contributed by atoms with van der Waals surface area (Å²) >= 11 is 5.68. The fraction of sp³-hybridized carbons (Fsp3) is 0.200. The van der Waals surface area contributed by atoms with Crippen molar-refractivity contribution in [3.8, 4) is 11.5 Å². The molecule has 2 rings (SSSR count). The van der Waals surface area contributed by atoms with Gasteiger partial charge < -0.3 is 26.6 Å². The topological polar surface area (TPSA) is 165 Å². The lowest BCUT2D eigenvalue weighted by Gasteiger charge is -2.09. The molecule has 0 aliphatic heterocycles. The number of benzene rings is 1. The van der Waals surface area contributed by atoms with Crippen molar-refractivity contribution in [3.05, 3.63) is 35.1 Å². The third-order valence-electron chi connectivity index (χ3n) is 3.06. The van der Waals surface area contributed by atoms with Gasteiger partial charge in [-0.1, -0.05) is 11.6 Å². The van der Waals surface area contributed by atoms with Crippen molar-refractivity contribution in [2.24, 2.45) is 0 Å². The Hall–Kier alpha value is -2.79. The molecule has 0 bridgehead atoms. The van der Waals surface area contributed by atoms with Crippen molar-refractivity contribution in [2.45, 2.75) is 6.42 Å². The minimum absolute atomic E-state index is 0. The number of phenolic OH excluding ortho intramolecular Hbond substituents is 1. The number of amides is 3. The number of anilines is 2. The lowest BCUT2D eigenvalue weighted by atomic mass is 10.3. The highest BCUT2D eigenvalue weighted by atomic mass is 79.9. The van der Waals surface area contributed by atoms with Gasteiger partial charge in [-0.3, -0.25) is 10.1 Å². The van der Waals surface area contributed by atoms with Crippen molar-refractivity contribution in [1.82, 2.24) is 20.6 Å². The average Bonchev–Trinajstić information content (AvgIpc) is 2.59. The molecule has 1 aromatic carbocycles. The molecule has 1 heterocycles. The first kappa shape index (κ1) is 22.3. The van der Waals surface area contributed by atoms with Crippen molar-refractivity contribution in [3.63, 3.8) is 0 Å². The van der Waals surface area contributed by atoms with Crippen molar-refractivity contribution < 1.29 is 19.4 Å². The zero-order valence-corrected chi connectivity index (χ0v) is 16.4. The minimum Gasteiger partial charge on any atom is -0.508 e. The number of halogens is 2. The second kappa shape index (κ2) is 10.4. The molecular formula is C15H18BrClN6O4. The lowest BCUT2D eigenvalue weighted by molar-refractivity contribution is 0.0960. The molecule has 10 nitrogen and oxygen atoms in total. The van der Waals surface area contributed by atoms with Crippen LogP contribution in [-0.4, -0.2) is 40.2 Å². The van der Waals surface area contributed by atoms with E-state index in [2.05, 4.69) is 20.6 Å². The molecule has 12 heteroatoms. The van der Waals surface area contributed by atoms with Crippen LogP contribution in [0, 0.1) is 0 Å². The summed E-state index contributed by atoms with van der Waals surface area (Å²) in [7, 11) is 0. The second-order valence-electron chi connectivity index (χ2n) is 5.04. The average molecular weight is 462 g/mol. The molecule has 0 radical (unpaired) electrons. The summed E-state index contributed by atoms with van der Waals surface area (Å²) < 4.78 is 5.42. The van der Waals surface area contributed by atoms with Gasteiger partial charge in [-0.25, -0.2) is 14.8 Å². The standard InChI is InChI=1S/C15H17ClN6O4.BrH/c16-11-13(18)21-12(17)10(20-11)14(24)22-15(25)19-6-1-7-26-9-4-2-8(23)3-5-9;/h2-5,23H,1,6-7H2,(H4,17,18,21)(H2,19,22,24,25);1H. The maximum atomic E-state index is 11.9. The molecule has 0 aliphatic carbocycles. The SMILES string of the molecule is Br.Nc1nc(N)c(C(=O)NC(=O)NCCCOc2ccc(O)cc2)nc1Cl. The molecule has 0 atom stereocenters. The molecule has 27 heavy (non-hydrogen) atoms. The van der Waals surface area contributed by atoms with E-state index in [9.17, 15) is 9.59 Å². The highest BCUT2D eigenvalue weighted by Gasteiger charge is 2.17. The molecule has 3 amide bonds. The third-order valence-corrected chi connectivity index (χ3v) is 3.34. The minimum atomic E-state index is -0.852. The van der Waals surface area contributed by atoms with E-state index in [0.29, 0.717) is 18.8 Å². The normalized spacial score (nSPS) is 9.81. The summed E-state index contributed by atoms with van der Waals surface area (Å²) in [5.41, 5.74) is 10.7. The molecular weight excluding hydrogens is 444 g/mol. The molecule has 1 aromatic heterocycles. The van der Waals surface area contributed by atoms with Gasteiger partial charge in [-0.2, -0.15) is 0 Å². The van der Waals surface area contributed by atoms with E-state index in [0.717, 1.165) is 0 Å². The number of nitrogens with one attached hydrogen (secondary N) is 2. The Kier molecular flexibility index (Phi) is 8.56. The number of urea groups is 1. The maximum absolute atomic E-state index is 11.9. The number of imide groups is 1. The van der Waals surface area contributed by atoms with Gasteiger partial charge in [0.15, 0.2) is 22.5 Å². The summed E-state index contributed by atoms with van der Waals surface area (Å²) in [5, 5.41) is 13.5. The van der Waals surface area contributed by atoms with E-state index >= 15 is 0 Å². The monoisotopic (exact) mass is 460 g/mol. The van der Waals surface area contributed by atoms with E-state index < -0.39 is 11.9 Å². The van der Waals surface area contributed by atoms with E-state index in [1.165, 1.54) is 12.1 Å². The largest absolute Gasteiger partial charge is 0.508 e. The number of rotatable bonds is 6. The van der Waals surface area contributed by atoms with Gasteiger partial charge >= 0.3 is 6.03 Å². The van der Waals surface area contributed by atoms with Gasteiger partial charge in [0.1, 0.15) is 11.5 Å². The number of ether oxygens (including phenoxy) is 1. The molecule has 0 saturated heterocycles. The van der Waals surface area contributed by atoms with Gasteiger partial charge in [0.25, 0.3) is 5.91 Å². The van der Waals surface area contributed by atoms with Gasteiger partial charge in [-0.15, -0.1) is 17.0 Å². The van der Waals surface area contributed by atoms with Crippen LogP contribution in [0.3, 0.4) is 0 Å². The number of carbonyl (C=O) groups excluding carboxylic acids is 2. The maximum Gasteiger partial charge on any atom is 0.321 e. The van der Waals surface area contributed by atoms with Gasteiger partial charge in [0, 0.05) is 6.54 Å². The number of aromatic nitrogens is 2. The smallest absolute Gasteiger partial charge is 0.321 e. The summed E-state index contributed by atoms with van der Waals surface area (Å²) in [6, 6.07) is 5.53. The Bertz CT molecular complexity index is 806. The molecule has 2 aromatic rings. The number of phenols is 1. The Labute approximate surface area is 170 Å². The zero-order valence-electron chi connectivity index (χ0n) is 13.9. The fourth-order valence-corrected chi connectivity index (χ4v) is 1.95. The Morgan fingerprint density at radius 1 is 1.15 bits per heavy atom. The molecule has 0 fully saturated rings. The van der Waals surface area contributed by atoms with Crippen molar-refractivity contribution >= 4 is 52.2 Å². The lowest BCUT2D eigenvalue weighted by Crippen LogP contribution is -2.40. The molecule has 0 aliphatic rings. The highest BCUT2D eigenvalue weighted by molar-refractivity contribution is 8.93. The quantitative estimate of drug-likeness (QED) is 0.403. The Balaban J connectivity index is 0.00000364. The van der Waals surface area contributed by atoms with Crippen LogP contribution >= 0.6 is 28.6 Å². The summed E-state index contributed by atoms with van der Waals surface area (Å²) in [4.78, 5) is 31.0. The van der Waals surface area contributed by atoms with Crippen LogP contribution in [0.15, 0.2) is 24.3 Å². The number of aromatic hydroxyl groups is 1. The highest BCUT2D eigenvalue weighted by Crippen LogP contribution is 2.17. The van der Waals surface area contributed by atoms with E-state index in [4.69, 9.17) is 32.9 Å². The van der Waals surface area contributed by atoms with Gasteiger partial charge in [0.2, 0.25) is 0 Å². The fourth-order valence-electron chi connectivity index (χ4n) is 1.82. The van der Waals surface area contributed by atoms with E-state index in [-0.39, 0.29) is 51.8 Å². The van der Waals surface area contributed by atoms with Gasteiger partial charge in [-0.05, 0) is 30.7 Å². The van der Waals surface area contributed by atoms with Crippen LogP contribution < -0.4 is 26.8 Å². The van der Waals surface area contributed by atoms with Crippen LogP contribution in [-0.2, 0) is 0 Å². The second-order valence-corrected chi connectivity index (χ2v) is 5.40. The van der Waals surface area contributed by atoms with Crippen molar-refractivity contribution in [2.75, 3.05) is 24.6 Å². The summed E-state index contributed by atoms with van der Waals surface area (Å²) in [6.07, 6.45) is 0.498. The molecule has 7 N–H and O–H groups in total. The number of hydrogen-bond acceptors (Lipinski definition) is 8. The first-order chi connectivity index (χ1) is 12.4. The molecule has 0 unspecified atom stereocenters. The van der Waals surface area contributed by atoms with Crippen molar-refractivity contribution in [1.29, 1.82) is 0 Å². The molecule has 0 saturated carbocycles. The Morgan fingerprint density at radius 3 is 2.48 bits per heavy atom. The predicted molar refractivity (Wildman–Crippen MR) is 105 cm³/mol. The summed E-state index contributed by atoms with van der Waals surface area (Å²) in [6.45, 7) is 0.603. The third kappa shape index (κ3) is 6.79. The predicted octanol–water partition coefficient (Wildman–Crippen LogP) is 1.49. The Morgan fingerprint density at radius 2 is 1.81 bits per heavy atom. The number of nitrogens with zero attached hydrogens (tertiary/aromatic N) is 2. The van der Waals surface area contributed by atoms with Gasteiger partial charge in [0.05, 0.1) is 6.61 Å². The summed E-state index contributed by atoms with van der Waals surface area (Å²) in [5.74, 6) is -0.460. The van der Waals surface area contributed by atoms with E-state index in [1.807, 2.05) is 0 Å². The van der Waals surface area contributed by atoms with Crippen LogP contribution in [0.4, 0.5) is 16.4 Å². The number of nitrogen functional groups attached to an aromatic ring is 2. The molecule has 146 valence electrons. The first-order valence-electron chi connectivity index (χ1n) is 7.46. The van der Waals surface area contributed by atoms with Crippen LogP contribution in [0.25, 0.3) is 0 Å². The number of hydrogen-bond donors (Lipinski definition) is 5. The van der Waals surface area contributed by atoms with Crippen LogP contribution in [0.1, 0.15) is 16.9 Å². The first-order valence-corrected chi connectivity index (χ1v) is 7.84. The molecule has 0 spiro atoms. The number of nitrogens with two attached hydrogens (primary N) is 2. The van der Waals surface area contributed by atoms with E-state index in [1.54, 1.807) is 12.1 Å². The zero-order chi connectivity index (χ0) is 19.1. The number of carbonyl (C=O) groups is 2. The van der Waals surface area contributed by atoms with Crippen LogP contribution in [0.5, 0.6) is 11.5 Å².